The molecule has 1 amide bonds. The number of rotatable bonds is 6. The molecule has 0 aliphatic heterocycles. The van der Waals surface area contributed by atoms with Gasteiger partial charge in [-0.05, 0) is 50.3 Å². The molecule has 0 bridgehead atoms. The van der Waals surface area contributed by atoms with E-state index < -0.39 is 0 Å². The van der Waals surface area contributed by atoms with Gasteiger partial charge in [0, 0.05) is 23.3 Å². The van der Waals surface area contributed by atoms with Gasteiger partial charge in [0.05, 0.1) is 0 Å². The van der Waals surface area contributed by atoms with Gasteiger partial charge in [0.25, 0.3) is 5.91 Å². The molecule has 19 heavy (non-hydrogen) atoms. The summed E-state index contributed by atoms with van der Waals surface area (Å²) in [5, 5.41) is 6.47. The Morgan fingerprint density at radius 3 is 2.68 bits per heavy atom. The molecule has 0 heterocycles. The molecule has 0 saturated heterocycles. The third-order valence-corrected chi connectivity index (χ3v) is 3.28. The summed E-state index contributed by atoms with van der Waals surface area (Å²) in [7, 11) is 0. The Balaban J connectivity index is 1.95. The molecule has 3 heteroatoms. The summed E-state index contributed by atoms with van der Waals surface area (Å²) in [5.41, 5.74) is 1.77. The fourth-order valence-corrected chi connectivity index (χ4v) is 2.30. The predicted octanol–water partition coefficient (Wildman–Crippen LogP) is 3.43. The number of amides is 1. The molecular weight excluding hydrogens is 236 g/mol. The molecule has 0 radical (unpaired) electrons. The van der Waals surface area contributed by atoms with Gasteiger partial charge in [-0.3, -0.25) is 4.79 Å². The predicted molar refractivity (Wildman–Crippen MR) is 79.5 cm³/mol. The minimum atomic E-state index is 0.0441. The van der Waals surface area contributed by atoms with Crippen LogP contribution >= 0.6 is 0 Å². The lowest BCUT2D eigenvalue weighted by Gasteiger charge is -2.17. The molecule has 1 aliphatic carbocycles. The van der Waals surface area contributed by atoms with Gasteiger partial charge >= 0.3 is 0 Å². The summed E-state index contributed by atoms with van der Waals surface area (Å²) in [5.74, 6) is 0.714. The second-order valence-corrected chi connectivity index (χ2v) is 6.00. The highest BCUT2D eigenvalue weighted by molar-refractivity contribution is 5.95. The van der Waals surface area contributed by atoms with Gasteiger partial charge in [-0.15, -0.1) is 0 Å². The van der Waals surface area contributed by atoms with E-state index in [0.717, 1.165) is 30.5 Å². The van der Waals surface area contributed by atoms with Gasteiger partial charge in [-0.1, -0.05) is 19.9 Å². The molecule has 1 aromatic rings. The third-order valence-electron chi connectivity index (χ3n) is 3.28. The van der Waals surface area contributed by atoms with Crippen LogP contribution in [0.4, 0.5) is 5.69 Å². The van der Waals surface area contributed by atoms with Gasteiger partial charge in [-0.25, -0.2) is 0 Å². The lowest BCUT2D eigenvalue weighted by molar-refractivity contribution is 0.0951. The lowest BCUT2D eigenvalue weighted by atomic mass is 10.0. The molecule has 0 aromatic heterocycles. The summed E-state index contributed by atoms with van der Waals surface area (Å²) in [6.07, 6.45) is 3.36. The van der Waals surface area contributed by atoms with Crippen molar-refractivity contribution in [2.24, 2.45) is 5.92 Å². The van der Waals surface area contributed by atoms with Gasteiger partial charge in [0.1, 0.15) is 0 Å². The number of anilines is 1. The number of hydrogen-bond acceptors (Lipinski definition) is 2. The fourth-order valence-electron chi connectivity index (χ4n) is 2.30. The number of carbonyl (C=O) groups is 1. The molecule has 1 aliphatic rings. The van der Waals surface area contributed by atoms with E-state index >= 15 is 0 Å². The molecule has 1 saturated carbocycles. The Morgan fingerprint density at radius 2 is 2.05 bits per heavy atom. The van der Waals surface area contributed by atoms with Gasteiger partial charge in [-0.2, -0.15) is 0 Å². The van der Waals surface area contributed by atoms with Crippen LogP contribution < -0.4 is 10.6 Å². The van der Waals surface area contributed by atoms with Crippen molar-refractivity contribution in [2.75, 3.05) is 5.32 Å². The summed E-state index contributed by atoms with van der Waals surface area (Å²) in [6, 6.07) is 8.59. The Bertz CT molecular complexity index is 438. The van der Waals surface area contributed by atoms with Crippen LogP contribution in [0, 0.1) is 5.92 Å². The first kappa shape index (κ1) is 13.9. The highest BCUT2D eigenvalue weighted by atomic mass is 16.1. The van der Waals surface area contributed by atoms with Crippen LogP contribution in [0.5, 0.6) is 0 Å². The van der Waals surface area contributed by atoms with Gasteiger partial charge in [0.15, 0.2) is 0 Å². The highest BCUT2D eigenvalue weighted by Crippen LogP contribution is 2.20. The van der Waals surface area contributed by atoms with E-state index in [1.165, 1.54) is 0 Å². The van der Waals surface area contributed by atoms with Crippen molar-refractivity contribution < 1.29 is 4.79 Å². The maximum atomic E-state index is 12.0. The Kier molecular flexibility index (Phi) is 4.46. The SMILES string of the molecule is CC(C)CC(C)Nc1cccc(C(=O)NC2CC2)c1. The van der Waals surface area contributed by atoms with Crippen molar-refractivity contribution in [1.82, 2.24) is 5.32 Å². The number of hydrogen-bond donors (Lipinski definition) is 2. The van der Waals surface area contributed by atoms with Crippen LogP contribution in [0.1, 0.15) is 50.4 Å². The smallest absolute Gasteiger partial charge is 0.251 e. The highest BCUT2D eigenvalue weighted by Gasteiger charge is 2.23. The van der Waals surface area contributed by atoms with Crippen LogP contribution in [0.15, 0.2) is 24.3 Å². The topological polar surface area (TPSA) is 41.1 Å². The molecule has 2 rings (SSSR count). The van der Waals surface area contributed by atoms with Crippen molar-refractivity contribution in [3.05, 3.63) is 29.8 Å². The van der Waals surface area contributed by atoms with E-state index in [1.54, 1.807) is 0 Å². The first-order valence-electron chi connectivity index (χ1n) is 7.22. The van der Waals surface area contributed by atoms with Crippen molar-refractivity contribution in [1.29, 1.82) is 0 Å². The molecule has 1 unspecified atom stereocenters. The summed E-state index contributed by atoms with van der Waals surface area (Å²) >= 11 is 0. The molecule has 1 fully saturated rings. The Hall–Kier alpha value is -1.51. The quantitative estimate of drug-likeness (QED) is 0.822. The normalized spacial score (nSPS) is 16.2. The number of carbonyl (C=O) groups excluding carboxylic acids is 1. The second-order valence-electron chi connectivity index (χ2n) is 6.00. The van der Waals surface area contributed by atoms with Crippen LogP contribution in [0.2, 0.25) is 0 Å². The van der Waals surface area contributed by atoms with Crippen molar-refractivity contribution in [2.45, 2.75) is 52.1 Å². The van der Waals surface area contributed by atoms with Gasteiger partial charge in [0.2, 0.25) is 0 Å². The molecule has 104 valence electrons. The average Bonchev–Trinajstić information content (AvgIpc) is 3.12. The minimum absolute atomic E-state index is 0.0441. The largest absolute Gasteiger partial charge is 0.383 e. The van der Waals surface area contributed by atoms with E-state index in [2.05, 4.69) is 31.4 Å². The van der Waals surface area contributed by atoms with E-state index in [4.69, 9.17) is 0 Å². The van der Waals surface area contributed by atoms with E-state index in [9.17, 15) is 4.79 Å². The standard InChI is InChI=1S/C16H24N2O/c1-11(2)9-12(3)17-15-6-4-5-13(10-15)16(19)18-14-7-8-14/h4-6,10-12,14,17H,7-9H2,1-3H3,(H,18,19). The van der Waals surface area contributed by atoms with Crippen molar-refractivity contribution in [3.8, 4) is 0 Å². The van der Waals surface area contributed by atoms with Crippen molar-refractivity contribution >= 4 is 11.6 Å². The lowest BCUT2D eigenvalue weighted by Crippen LogP contribution is -2.25. The average molecular weight is 260 g/mol. The summed E-state index contributed by atoms with van der Waals surface area (Å²) in [4.78, 5) is 12.0. The zero-order chi connectivity index (χ0) is 13.8. The van der Waals surface area contributed by atoms with Crippen LogP contribution in [0.3, 0.4) is 0 Å². The molecule has 0 spiro atoms. The zero-order valence-corrected chi connectivity index (χ0v) is 12.1. The first-order valence-corrected chi connectivity index (χ1v) is 7.22. The molecular formula is C16H24N2O. The molecule has 1 aromatic carbocycles. The molecule has 2 N–H and O–H groups in total. The maximum Gasteiger partial charge on any atom is 0.251 e. The van der Waals surface area contributed by atoms with E-state index in [0.29, 0.717) is 18.0 Å². The number of benzene rings is 1. The van der Waals surface area contributed by atoms with E-state index in [-0.39, 0.29) is 5.91 Å². The molecule has 1 atom stereocenters. The molecule has 3 nitrogen and oxygen atoms in total. The monoisotopic (exact) mass is 260 g/mol. The maximum absolute atomic E-state index is 12.0. The van der Waals surface area contributed by atoms with Gasteiger partial charge < -0.3 is 10.6 Å². The zero-order valence-electron chi connectivity index (χ0n) is 12.1. The number of nitrogens with one attached hydrogen (secondary N) is 2. The Morgan fingerprint density at radius 1 is 1.32 bits per heavy atom. The third kappa shape index (κ3) is 4.58. The van der Waals surface area contributed by atoms with E-state index in [1.807, 2.05) is 24.3 Å². The summed E-state index contributed by atoms with van der Waals surface area (Å²) < 4.78 is 0. The van der Waals surface area contributed by atoms with Crippen LogP contribution in [-0.2, 0) is 0 Å². The minimum Gasteiger partial charge on any atom is -0.383 e. The summed E-state index contributed by atoms with van der Waals surface area (Å²) in [6.45, 7) is 6.62. The van der Waals surface area contributed by atoms with Crippen LogP contribution in [-0.4, -0.2) is 18.0 Å². The Labute approximate surface area is 115 Å². The second kappa shape index (κ2) is 6.09. The first-order chi connectivity index (χ1) is 9.04. The van der Waals surface area contributed by atoms with Crippen LogP contribution in [0.25, 0.3) is 0 Å². The fraction of sp³-hybridized carbons (Fsp3) is 0.562. The van der Waals surface area contributed by atoms with Crippen molar-refractivity contribution in [3.63, 3.8) is 0 Å².